The van der Waals surface area contributed by atoms with Crippen molar-refractivity contribution in [3.8, 4) is 5.75 Å². The summed E-state index contributed by atoms with van der Waals surface area (Å²) in [6.07, 6.45) is -3.41. The summed E-state index contributed by atoms with van der Waals surface area (Å²) in [4.78, 5) is 13.5. The molecule has 4 N–H and O–H groups in total. The Morgan fingerprint density at radius 2 is 2.07 bits per heavy atom. The lowest BCUT2D eigenvalue weighted by atomic mass is 10.0. The van der Waals surface area contributed by atoms with E-state index in [0.717, 1.165) is 11.3 Å². The first kappa shape index (κ1) is 21.7. The molecule has 3 rings (SSSR count). The van der Waals surface area contributed by atoms with Crippen molar-refractivity contribution in [2.24, 2.45) is 0 Å². The molecular formula is C19H27F2N3O5. The van der Waals surface area contributed by atoms with Crippen LogP contribution in [0.4, 0.5) is 13.6 Å². The number of halogens is 2. The minimum Gasteiger partial charge on any atom is -0.497 e. The molecule has 1 aromatic carbocycles. The molecule has 0 radical (unpaired) electrons. The number of alkyl carbamates (subject to hydrolysis) is 1. The first-order valence-electron chi connectivity index (χ1n) is 9.55. The van der Waals surface area contributed by atoms with Crippen LogP contribution in [0.25, 0.3) is 0 Å². The Labute approximate surface area is 167 Å². The van der Waals surface area contributed by atoms with Crippen LogP contribution in [-0.2, 0) is 11.2 Å². The number of β-amino-alcohol motifs (C(OH)–C–C–N with tert-alkyl or cyclic N) is 2. The average Bonchev–Trinajstić information content (AvgIpc) is 3.14. The minimum absolute atomic E-state index is 0.0982. The number of hydrogen-bond donors (Lipinski definition) is 4. The predicted molar refractivity (Wildman–Crippen MR) is 100 cm³/mol. The number of likely N-dealkylation sites (tertiary alicyclic amines) is 1. The number of aliphatic hydroxyl groups excluding tert-OH is 2. The van der Waals surface area contributed by atoms with Gasteiger partial charge in [-0.15, -0.1) is 0 Å². The van der Waals surface area contributed by atoms with Crippen molar-refractivity contribution in [3.63, 3.8) is 0 Å². The zero-order valence-corrected chi connectivity index (χ0v) is 16.2. The summed E-state index contributed by atoms with van der Waals surface area (Å²) < 4.78 is 37.1. The molecule has 0 saturated carbocycles. The number of hydrogen-bond acceptors (Lipinski definition) is 7. The van der Waals surface area contributed by atoms with E-state index in [9.17, 15) is 23.8 Å². The van der Waals surface area contributed by atoms with Crippen molar-refractivity contribution in [3.05, 3.63) is 29.8 Å². The number of nitrogens with zero attached hydrogens (tertiary/aromatic N) is 1. The van der Waals surface area contributed by atoms with E-state index >= 15 is 0 Å². The Balaban J connectivity index is 1.45. The first-order valence-corrected chi connectivity index (χ1v) is 9.55. The summed E-state index contributed by atoms with van der Waals surface area (Å²) in [6, 6.07) is 7.23. The molecule has 4 atom stereocenters. The maximum absolute atomic E-state index is 13.3. The van der Waals surface area contributed by atoms with Gasteiger partial charge in [0.2, 0.25) is 0 Å². The summed E-state index contributed by atoms with van der Waals surface area (Å²) in [5, 5.41) is 25.1. The first-order chi connectivity index (χ1) is 13.8. The molecule has 8 nitrogen and oxygen atoms in total. The van der Waals surface area contributed by atoms with Crippen LogP contribution in [0.1, 0.15) is 5.56 Å². The Kier molecular flexibility index (Phi) is 6.89. The van der Waals surface area contributed by atoms with Gasteiger partial charge < -0.3 is 30.3 Å². The van der Waals surface area contributed by atoms with E-state index in [-0.39, 0.29) is 25.7 Å². The molecule has 1 amide bonds. The number of alkyl halides is 2. The second kappa shape index (κ2) is 9.21. The van der Waals surface area contributed by atoms with Crippen LogP contribution in [0, 0.1) is 0 Å². The van der Waals surface area contributed by atoms with Crippen molar-refractivity contribution in [1.82, 2.24) is 15.5 Å². The number of carbonyl (C=O) groups is 1. The molecule has 2 heterocycles. The summed E-state index contributed by atoms with van der Waals surface area (Å²) in [7, 11) is 1.59. The lowest BCUT2D eigenvalue weighted by molar-refractivity contribution is -0.0730. The highest BCUT2D eigenvalue weighted by atomic mass is 19.3. The Morgan fingerprint density at radius 1 is 1.34 bits per heavy atom. The molecule has 2 fully saturated rings. The maximum Gasteiger partial charge on any atom is 0.407 e. The standard InChI is InChI=1S/C19H27F2N3O5/c1-28-13-4-2-12(3-5-13)8-14-17(15(25)9-23-14)29-18(27)22-6-7-24-10-16(26)19(20,21)11-24/h2-5,14-17,23,25-26H,6-11H2,1H3,(H,22,27)/t14-,15+,16?,17+/m1/s1. The van der Waals surface area contributed by atoms with E-state index < -0.39 is 36.9 Å². The quantitative estimate of drug-likeness (QED) is 0.496. The summed E-state index contributed by atoms with van der Waals surface area (Å²) in [5.41, 5.74) is 1.000. The largest absolute Gasteiger partial charge is 0.497 e. The third-order valence-electron chi connectivity index (χ3n) is 5.27. The highest BCUT2D eigenvalue weighted by Gasteiger charge is 2.46. The van der Waals surface area contributed by atoms with Crippen LogP contribution >= 0.6 is 0 Å². The zero-order chi connectivity index (χ0) is 21.0. The number of ether oxygens (including phenoxy) is 2. The third-order valence-corrected chi connectivity index (χ3v) is 5.27. The van der Waals surface area contributed by atoms with E-state index in [1.54, 1.807) is 7.11 Å². The average molecular weight is 415 g/mol. The van der Waals surface area contributed by atoms with Gasteiger partial charge in [0.05, 0.1) is 19.7 Å². The van der Waals surface area contributed by atoms with Crippen molar-refractivity contribution >= 4 is 6.09 Å². The molecule has 2 aliphatic heterocycles. The van der Waals surface area contributed by atoms with Crippen LogP contribution in [0.2, 0.25) is 0 Å². The normalized spacial score (nSPS) is 29.0. The fraction of sp³-hybridized carbons (Fsp3) is 0.632. The van der Waals surface area contributed by atoms with E-state index in [4.69, 9.17) is 9.47 Å². The monoisotopic (exact) mass is 415 g/mol. The van der Waals surface area contributed by atoms with Gasteiger partial charge in [0.15, 0.2) is 0 Å². The number of benzene rings is 1. The van der Waals surface area contributed by atoms with Crippen LogP contribution in [0.5, 0.6) is 5.75 Å². The van der Waals surface area contributed by atoms with Gasteiger partial charge in [-0.2, -0.15) is 0 Å². The van der Waals surface area contributed by atoms with Gasteiger partial charge >= 0.3 is 6.09 Å². The van der Waals surface area contributed by atoms with Gasteiger partial charge in [0.25, 0.3) is 5.92 Å². The lowest BCUT2D eigenvalue weighted by Gasteiger charge is -2.22. The predicted octanol–water partition coefficient (Wildman–Crippen LogP) is -0.0230. The van der Waals surface area contributed by atoms with Gasteiger partial charge in [-0.1, -0.05) is 12.1 Å². The molecule has 29 heavy (non-hydrogen) atoms. The van der Waals surface area contributed by atoms with Gasteiger partial charge in [-0.3, -0.25) is 4.90 Å². The van der Waals surface area contributed by atoms with Gasteiger partial charge in [0.1, 0.15) is 24.1 Å². The number of rotatable bonds is 7. The fourth-order valence-corrected chi connectivity index (χ4v) is 3.64. The molecule has 2 aliphatic rings. The molecule has 2 saturated heterocycles. The van der Waals surface area contributed by atoms with Crippen LogP contribution in [-0.4, -0.2) is 91.3 Å². The lowest BCUT2D eigenvalue weighted by Crippen LogP contribution is -2.43. The Hall–Kier alpha value is -2.01. The highest BCUT2D eigenvalue weighted by molar-refractivity contribution is 5.67. The van der Waals surface area contributed by atoms with Crippen LogP contribution in [0.3, 0.4) is 0 Å². The van der Waals surface area contributed by atoms with E-state index in [1.165, 1.54) is 4.90 Å². The summed E-state index contributed by atoms with van der Waals surface area (Å²) in [5.74, 6) is -2.39. The molecule has 1 unspecified atom stereocenters. The Bertz CT molecular complexity index is 691. The topological polar surface area (TPSA) is 103 Å². The molecule has 0 aliphatic carbocycles. The second-order valence-electron chi connectivity index (χ2n) is 7.44. The number of methoxy groups -OCH3 is 1. The molecule has 1 aromatic rings. The number of aliphatic hydroxyl groups is 2. The minimum atomic E-state index is -3.13. The van der Waals surface area contributed by atoms with E-state index in [0.29, 0.717) is 13.0 Å². The van der Waals surface area contributed by atoms with Crippen molar-refractivity contribution in [2.75, 3.05) is 39.8 Å². The Morgan fingerprint density at radius 3 is 2.69 bits per heavy atom. The van der Waals surface area contributed by atoms with Gasteiger partial charge in [0, 0.05) is 26.2 Å². The van der Waals surface area contributed by atoms with Crippen LogP contribution in [0.15, 0.2) is 24.3 Å². The van der Waals surface area contributed by atoms with Crippen LogP contribution < -0.4 is 15.4 Å². The summed E-state index contributed by atoms with van der Waals surface area (Å²) in [6.45, 7) is -0.109. The molecule has 10 heteroatoms. The molecule has 0 bridgehead atoms. The number of carbonyl (C=O) groups excluding carboxylic acids is 1. The van der Waals surface area contributed by atoms with Crippen molar-refractivity contribution in [1.29, 1.82) is 0 Å². The van der Waals surface area contributed by atoms with Crippen molar-refractivity contribution in [2.45, 2.75) is 36.7 Å². The maximum atomic E-state index is 13.3. The van der Waals surface area contributed by atoms with Crippen molar-refractivity contribution < 1.29 is 33.3 Å². The molecule has 0 spiro atoms. The third kappa shape index (κ3) is 5.53. The molecule has 162 valence electrons. The summed E-state index contributed by atoms with van der Waals surface area (Å²) >= 11 is 0. The smallest absolute Gasteiger partial charge is 0.407 e. The van der Waals surface area contributed by atoms with Gasteiger partial charge in [-0.05, 0) is 24.1 Å². The number of amides is 1. The highest BCUT2D eigenvalue weighted by Crippen LogP contribution is 2.27. The van der Waals surface area contributed by atoms with E-state index in [1.807, 2.05) is 24.3 Å². The molecule has 0 aromatic heterocycles. The van der Waals surface area contributed by atoms with E-state index in [2.05, 4.69) is 10.6 Å². The SMILES string of the molecule is COc1ccc(C[C@H]2NC[C@H](O)[C@H]2OC(=O)NCCN2CC(O)C(F)(F)C2)cc1. The number of nitrogens with one attached hydrogen (secondary N) is 2. The zero-order valence-electron chi connectivity index (χ0n) is 16.2. The fourth-order valence-electron chi connectivity index (χ4n) is 3.64. The second-order valence-corrected chi connectivity index (χ2v) is 7.44. The van der Waals surface area contributed by atoms with Gasteiger partial charge in [-0.25, -0.2) is 13.6 Å². The molecular weight excluding hydrogens is 388 g/mol.